The molecular weight excluding hydrogens is 162 g/mol. The first kappa shape index (κ1) is 8.73. The Labute approximate surface area is 78.7 Å². The van der Waals surface area contributed by atoms with Crippen molar-refractivity contribution in [3.8, 4) is 0 Å². The number of hydrogen-bond acceptors (Lipinski definition) is 2. The maximum atomic E-state index is 5.89. The van der Waals surface area contributed by atoms with Gasteiger partial charge < -0.3 is 10.5 Å². The lowest BCUT2D eigenvalue weighted by atomic mass is 10.2. The lowest BCUT2D eigenvalue weighted by Crippen LogP contribution is -2.27. The van der Waals surface area contributed by atoms with Gasteiger partial charge in [-0.2, -0.15) is 0 Å². The molecule has 1 aliphatic carbocycles. The Kier molecular flexibility index (Phi) is 2.34. The van der Waals surface area contributed by atoms with Crippen molar-refractivity contribution in [2.24, 2.45) is 5.73 Å². The largest absolute Gasteiger partial charge is 0.375 e. The Bertz CT molecular complexity index is 267. The maximum absolute atomic E-state index is 5.89. The molecule has 2 N–H and O–H groups in total. The first-order valence-corrected chi connectivity index (χ1v) is 4.69. The summed E-state index contributed by atoms with van der Waals surface area (Å²) in [4.78, 5) is 0. The molecule has 1 aromatic rings. The monoisotopic (exact) mass is 177 g/mol. The minimum absolute atomic E-state index is 0.00871. The van der Waals surface area contributed by atoms with Crippen LogP contribution in [0.15, 0.2) is 30.3 Å². The lowest BCUT2D eigenvalue weighted by Gasteiger charge is -2.09. The van der Waals surface area contributed by atoms with Crippen LogP contribution < -0.4 is 5.73 Å². The SMILES string of the molecule is NC1(COCc2ccccc2)CC1. The zero-order chi connectivity index (χ0) is 9.15. The van der Waals surface area contributed by atoms with Crippen LogP contribution in [0.1, 0.15) is 18.4 Å². The molecule has 0 spiro atoms. The molecule has 0 heterocycles. The first-order chi connectivity index (χ1) is 6.29. The van der Waals surface area contributed by atoms with E-state index in [2.05, 4.69) is 12.1 Å². The summed E-state index contributed by atoms with van der Waals surface area (Å²) >= 11 is 0. The smallest absolute Gasteiger partial charge is 0.0717 e. The molecule has 0 radical (unpaired) electrons. The first-order valence-electron chi connectivity index (χ1n) is 4.69. The van der Waals surface area contributed by atoms with Crippen LogP contribution in [0, 0.1) is 0 Å². The third-order valence-electron chi connectivity index (χ3n) is 2.39. The molecule has 70 valence electrons. The number of benzene rings is 1. The Balaban J connectivity index is 1.74. The fourth-order valence-corrected chi connectivity index (χ4v) is 1.25. The third-order valence-corrected chi connectivity index (χ3v) is 2.39. The van der Waals surface area contributed by atoms with Gasteiger partial charge in [0, 0.05) is 5.54 Å². The summed E-state index contributed by atoms with van der Waals surface area (Å²) < 4.78 is 5.52. The second-order valence-corrected chi connectivity index (χ2v) is 3.84. The molecule has 1 saturated carbocycles. The van der Waals surface area contributed by atoms with Gasteiger partial charge >= 0.3 is 0 Å². The van der Waals surface area contributed by atoms with Gasteiger partial charge in [0.25, 0.3) is 0 Å². The van der Waals surface area contributed by atoms with Gasteiger partial charge in [0.2, 0.25) is 0 Å². The van der Waals surface area contributed by atoms with Crippen LogP contribution in [0.5, 0.6) is 0 Å². The lowest BCUT2D eigenvalue weighted by molar-refractivity contribution is 0.102. The second kappa shape index (κ2) is 3.48. The minimum atomic E-state index is 0.00871. The molecular formula is C11H15NO. The van der Waals surface area contributed by atoms with E-state index in [9.17, 15) is 0 Å². The molecule has 1 aromatic carbocycles. The van der Waals surface area contributed by atoms with Gasteiger partial charge in [-0.3, -0.25) is 0 Å². The average molecular weight is 177 g/mol. The Morgan fingerprint density at radius 2 is 1.92 bits per heavy atom. The fourth-order valence-electron chi connectivity index (χ4n) is 1.25. The van der Waals surface area contributed by atoms with Gasteiger partial charge in [0.15, 0.2) is 0 Å². The standard InChI is InChI=1S/C11H15NO/c12-11(6-7-11)9-13-8-10-4-2-1-3-5-10/h1-5H,6-9,12H2. The Morgan fingerprint density at radius 1 is 1.23 bits per heavy atom. The van der Waals surface area contributed by atoms with Gasteiger partial charge in [-0.25, -0.2) is 0 Å². The van der Waals surface area contributed by atoms with Crippen LogP contribution in [-0.2, 0) is 11.3 Å². The molecule has 0 aliphatic heterocycles. The molecule has 1 fully saturated rings. The van der Waals surface area contributed by atoms with Crippen LogP contribution in [0.25, 0.3) is 0 Å². The van der Waals surface area contributed by atoms with Crippen LogP contribution in [0.3, 0.4) is 0 Å². The molecule has 0 bridgehead atoms. The summed E-state index contributed by atoms with van der Waals surface area (Å²) in [6, 6.07) is 10.2. The number of rotatable bonds is 4. The van der Waals surface area contributed by atoms with Crippen molar-refractivity contribution in [1.29, 1.82) is 0 Å². The summed E-state index contributed by atoms with van der Waals surface area (Å²) in [5, 5.41) is 0. The molecule has 1 aliphatic rings. The highest BCUT2D eigenvalue weighted by atomic mass is 16.5. The van der Waals surface area contributed by atoms with Crippen LogP contribution in [-0.4, -0.2) is 12.1 Å². The summed E-state index contributed by atoms with van der Waals surface area (Å²) in [7, 11) is 0. The van der Waals surface area contributed by atoms with Crippen LogP contribution in [0.4, 0.5) is 0 Å². The number of nitrogens with two attached hydrogens (primary N) is 1. The van der Waals surface area contributed by atoms with Crippen molar-refractivity contribution in [3.05, 3.63) is 35.9 Å². The van der Waals surface area contributed by atoms with E-state index in [0.717, 1.165) is 12.8 Å². The van der Waals surface area contributed by atoms with Gasteiger partial charge in [-0.15, -0.1) is 0 Å². The van der Waals surface area contributed by atoms with Crippen molar-refractivity contribution in [2.45, 2.75) is 25.0 Å². The summed E-state index contributed by atoms with van der Waals surface area (Å²) in [5.41, 5.74) is 7.11. The van der Waals surface area contributed by atoms with E-state index < -0.39 is 0 Å². The van der Waals surface area contributed by atoms with E-state index in [4.69, 9.17) is 10.5 Å². The van der Waals surface area contributed by atoms with Crippen LogP contribution in [0.2, 0.25) is 0 Å². The highest BCUT2D eigenvalue weighted by Gasteiger charge is 2.38. The average Bonchev–Trinajstić information content (AvgIpc) is 2.86. The number of ether oxygens (including phenoxy) is 1. The van der Waals surface area contributed by atoms with E-state index in [0.29, 0.717) is 13.2 Å². The molecule has 0 unspecified atom stereocenters. The summed E-state index contributed by atoms with van der Waals surface area (Å²) in [5.74, 6) is 0. The molecule has 2 nitrogen and oxygen atoms in total. The highest BCUT2D eigenvalue weighted by Crippen LogP contribution is 2.32. The second-order valence-electron chi connectivity index (χ2n) is 3.84. The molecule has 0 aromatic heterocycles. The van der Waals surface area contributed by atoms with Crippen LogP contribution >= 0.6 is 0 Å². The van der Waals surface area contributed by atoms with Gasteiger partial charge in [-0.05, 0) is 18.4 Å². The van der Waals surface area contributed by atoms with Crippen molar-refractivity contribution in [3.63, 3.8) is 0 Å². The van der Waals surface area contributed by atoms with Gasteiger partial charge in [0.1, 0.15) is 0 Å². The third kappa shape index (κ3) is 2.54. The Hall–Kier alpha value is -0.860. The van der Waals surface area contributed by atoms with Crippen molar-refractivity contribution >= 4 is 0 Å². The van der Waals surface area contributed by atoms with Gasteiger partial charge in [0.05, 0.1) is 13.2 Å². The zero-order valence-corrected chi connectivity index (χ0v) is 7.70. The van der Waals surface area contributed by atoms with E-state index in [-0.39, 0.29) is 5.54 Å². The van der Waals surface area contributed by atoms with E-state index in [1.165, 1.54) is 5.56 Å². The predicted molar refractivity (Wildman–Crippen MR) is 52.3 cm³/mol. The van der Waals surface area contributed by atoms with E-state index >= 15 is 0 Å². The zero-order valence-electron chi connectivity index (χ0n) is 7.70. The molecule has 0 amide bonds. The molecule has 2 heteroatoms. The highest BCUT2D eigenvalue weighted by molar-refractivity contribution is 5.13. The van der Waals surface area contributed by atoms with E-state index in [1.807, 2.05) is 18.2 Å². The Morgan fingerprint density at radius 3 is 2.54 bits per heavy atom. The quantitative estimate of drug-likeness (QED) is 0.759. The fraction of sp³-hybridized carbons (Fsp3) is 0.455. The maximum Gasteiger partial charge on any atom is 0.0717 e. The molecule has 2 rings (SSSR count). The number of hydrogen-bond donors (Lipinski definition) is 1. The van der Waals surface area contributed by atoms with Crippen molar-refractivity contribution in [2.75, 3.05) is 6.61 Å². The summed E-state index contributed by atoms with van der Waals surface area (Å²) in [6.45, 7) is 1.38. The molecule has 0 atom stereocenters. The normalized spacial score (nSPS) is 18.5. The molecule has 13 heavy (non-hydrogen) atoms. The van der Waals surface area contributed by atoms with Crippen molar-refractivity contribution in [1.82, 2.24) is 0 Å². The minimum Gasteiger partial charge on any atom is -0.375 e. The summed E-state index contributed by atoms with van der Waals surface area (Å²) in [6.07, 6.45) is 2.23. The predicted octanol–water partition coefficient (Wildman–Crippen LogP) is 1.69. The topological polar surface area (TPSA) is 35.2 Å². The van der Waals surface area contributed by atoms with E-state index in [1.54, 1.807) is 0 Å². The van der Waals surface area contributed by atoms with Gasteiger partial charge in [-0.1, -0.05) is 30.3 Å². The molecule has 0 saturated heterocycles. The van der Waals surface area contributed by atoms with Crippen molar-refractivity contribution < 1.29 is 4.74 Å².